The zero-order valence-electron chi connectivity index (χ0n) is 13.3. The molecular formula is C15H16N2O6S. The van der Waals surface area contributed by atoms with Crippen molar-refractivity contribution in [1.29, 1.82) is 0 Å². The van der Waals surface area contributed by atoms with Crippen LogP contribution in [-0.2, 0) is 28.7 Å². The number of carbonyl (C=O) groups is 4. The third-order valence-electron chi connectivity index (χ3n) is 3.39. The summed E-state index contributed by atoms with van der Waals surface area (Å²) in [6.45, 7) is 1.37. The molecule has 0 spiro atoms. The number of amides is 2. The zero-order chi connectivity index (χ0) is 17.9. The standard InChI is InChI=1S/C15H16N2O6S/c1-8(19)16-9-4-5-10-11(6-9)24-13(15(21)23-3)12(14(20)22-2)17(10)7-18/h4-7,12-13H,1-3H3,(H,16,19). The second-order valence-corrected chi connectivity index (χ2v) is 6.09. The maximum Gasteiger partial charge on any atom is 0.330 e. The Labute approximate surface area is 142 Å². The number of esters is 2. The number of rotatable bonds is 4. The number of anilines is 2. The minimum Gasteiger partial charge on any atom is -0.468 e. The van der Waals surface area contributed by atoms with E-state index < -0.39 is 23.2 Å². The lowest BCUT2D eigenvalue weighted by molar-refractivity contribution is -0.148. The van der Waals surface area contributed by atoms with Gasteiger partial charge in [-0.1, -0.05) is 0 Å². The van der Waals surface area contributed by atoms with Crippen LogP contribution in [-0.4, -0.2) is 49.8 Å². The van der Waals surface area contributed by atoms with E-state index in [4.69, 9.17) is 9.47 Å². The van der Waals surface area contributed by atoms with Gasteiger partial charge in [-0.2, -0.15) is 0 Å². The molecule has 2 rings (SSSR count). The number of thioether (sulfide) groups is 1. The van der Waals surface area contributed by atoms with Gasteiger partial charge in [-0.05, 0) is 18.2 Å². The molecule has 0 radical (unpaired) electrons. The molecule has 1 aromatic carbocycles. The molecule has 1 N–H and O–H groups in total. The number of benzene rings is 1. The van der Waals surface area contributed by atoms with Gasteiger partial charge in [-0.3, -0.25) is 19.3 Å². The number of carbonyl (C=O) groups excluding carboxylic acids is 4. The molecule has 0 fully saturated rings. The smallest absolute Gasteiger partial charge is 0.330 e. The topological polar surface area (TPSA) is 102 Å². The van der Waals surface area contributed by atoms with Crippen molar-refractivity contribution in [2.45, 2.75) is 23.1 Å². The van der Waals surface area contributed by atoms with Crippen LogP contribution in [0.5, 0.6) is 0 Å². The summed E-state index contributed by atoms with van der Waals surface area (Å²) in [5.41, 5.74) is 0.958. The summed E-state index contributed by atoms with van der Waals surface area (Å²) in [4.78, 5) is 48.6. The maximum absolute atomic E-state index is 12.1. The first-order valence-corrected chi connectivity index (χ1v) is 7.78. The number of fused-ring (bicyclic) bond motifs is 1. The van der Waals surface area contributed by atoms with Gasteiger partial charge in [0.25, 0.3) is 0 Å². The van der Waals surface area contributed by atoms with Crippen LogP contribution in [0.1, 0.15) is 6.92 Å². The number of hydrogen-bond acceptors (Lipinski definition) is 7. The molecule has 1 aromatic rings. The monoisotopic (exact) mass is 352 g/mol. The van der Waals surface area contributed by atoms with Crippen LogP contribution in [0.15, 0.2) is 23.1 Å². The number of methoxy groups -OCH3 is 2. The SMILES string of the molecule is COC(=O)C1Sc2cc(NC(C)=O)ccc2N(C=O)C1C(=O)OC. The van der Waals surface area contributed by atoms with Crippen LogP contribution in [0.2, 0.25) is 0 Å². The molecule has 1 aliphatic rings. The molecule has 2 amide bonds. The van der Waals surface area contributed by atoms with Crippen LogP contribution in [0.25, 0.3) is 0 Å². The van der Waals surface area contributed by atoms with Crippen LogP contribution < -0.4 is 10.2 Å². The Bertz CT molecular complexity index is 693. The fourth-order valence-corrected chi connectivity index (χ4v) is 3.70. The van der Waals surface area contributed by atoms with Gasteiger partial charge in [0.2, 0.25) is 12.3 Å². The lowest BCUT2D eigenvalue weighted by Crippen LogP contribution is -2.53. The first-order chi connectivity index (χ1) is 11.4. The van der Waals surface area contributed by atoms with Crippen molar-refractivity contribution < 1.29 is 28.7 Å². The lowest BCUT2D eigenvalue weighted by Gasteiger charge is -2.36. The van der Waals surface area contributed by atoms with Gasteiger partial charge < -0.3 is 14.8 Å². The molecule has 0 aliphatic carbocycles. The predicted octanol–water partition coefficient (Wildman–Crippen LogP) is 0.797. The number of hydrogen-bond donors (Lipinski definition) is 1. The van der Waals surface area contributed by atoms with Crippen molar-refractivity contribution in [3.63, 3.8) is 0 Å². The minimum atomic E-state index is -1.14. The Morgan fingerprint density at radius 3 is 2.42 bits per heavy atom. The molecule has 0 saturated heterocycles. The number of nitrogens with one attached hydrogen (secondary N) is 1. The molecule has 2 atom stereocenters. The lowest BCUT2D eigenvalue weighted by atomic mass is 10.1. The van der Waals surface area contributed by atoms with Crippen molar-refractivity contribution in [3.8, 4) is 0 Å². The molecule has 128 valence electrons. The summed E-state index contributed by atoms with van der Waals surface area (Å²) in [5, 5.41) is 1.65. The summed E-state index contributed by atoms with van der Waals surface area (Å²) in [6, 6.07) is 3.68. The van der Waals surface area contributed by atoms with E-state index in [9.17, 15) is 19.2 Å². The summed E-state index contributed by atoms with van der Waals surface area (Å²) in [7, 11) is 2.38. The second kappa shape index (κ2) is 7.35. The van der Waals surface area contributed by atoms with Crippen LogP contribution in [0, 0.1) is 0 Å². The van der Waals surface area contributed by atoms with E-state index >= 15 is 0 Å². The minimum absolute atomic E-state index is 0.250. The molecule has 2 unspecified atom stereocenters. The molecule has 0 saturated carbocycles. The summed E-state index contributed by atoms with van der Waals surface area (Å²) in [5.74, 6) is -1.63. The Hall–Kier alpha value is -2.55. The van der Waals surface area contributed by atoms with E-state index in [1.807, 2.05) is 0 Å². The normalized spacial score (nSPS) is 19.0. The zero-order valence-corrected chi connectivity index (χ0v) is 14.1. The third kappa shape index (κ3) is 3.35. The first kappa shape index (κ1) is 17.8. The van der Waals surface area contributed by atoms with E-state index in [2.05, 4.69) is 5.32 Å². The van der Waals surface area contributed by atoms with Crippen LogP contribution >= 0.6 is 11.8 Å². The molecular weight excluding hydrogens is 336 g/mol. The number of ether oxygens (including phenoxy) is 2. The summed E-state index contributed by atoms with van der Waals surface area (Å²) < 4.78 is 9.46. The molecule has 1 aliphatic heterocycles. The van der Waals surface area contributed by atoms with Crippen molar-refractivity contribution in [2.75, 3.05) is 24.4 Å². The van der Waals surface area contributed by atoms with E-state index in [1.54, 1.807) is 18.2 Å². The van der Waals surface area contributed by atoms with Gasteiger partial charge in [-0.25, -0.2) is 4.79 Å². The Balaban J connectivity index is 2.51. The van der Waals surface area contributed by atoms with Crippen molar-refractivity contribution in [1.82, 2.24) is 0 Å². The fraction of sp³-hybridized carbons (Fsp3) is 0.333. The van der Waals surface area contributed by atoms with E-state index in [0.29, 0.717) is 22.7 Å². The first-order valence-electron chi connectivity index (χ1n) is 6.90. The molecule has 1 heterocycles. The molecule has 0 bridgehead atoms. The van der Waals surface area contributed by atoms with E-state index in [1.165, 1.54) is 21.1 Å². The third-order valence-corrected chi connectivity index (χ3v) is 4.67. The molecule has 24 heavy (non-hydrogen) atoms. The highest BCUT2D eigenvalue weighted by Gasteiger charge is 2.45. The van der Waals surface area contributed by atoms with Crippen molar-refractivity contribution in [3.05, 3.63) is 18.2 Å². The highest BCUT2D eigenvalue weighted by Crippen LogP contribution is 2.43. The molecule has 0 aromatic heterocycles. The van der Waals surface area contributed by atoms with Gasteiger partial charge in [0.05, 0.1) is 19.9 Å². The quantitative estimate of drug-likeness (QED) is 0.631. The van der Waals surface area contributed by atoms with Gasteiger partial charge in [0, 0.05) is 17.5 Å². The van der Waals surface area contributed by atoms with Crippen molar-refractivity contribution >= 4 is 47.4 Å². The van der Waals surface area contributed by atoms with Gasteiger partial charge in [-0.15, -0.1) is 11.8 Å². The predicted molar refractivity (Wildman–Crippen MR) is 86.8 cm³/mol. The second-order valence-electron chi connectivity index (χ2n) is 4.91. The van der Waals surface area contributed by atoms with Crippen molar-refractivity contribution in [2.24, 2.45) is 0 Å². The summed E-state index contributed by atoms with van der Waals surface area (Å²) >= 11 is 1.07. The average molecular weight is 352 g/mol. The van der Waals surface area contributed by atoms with E-state index in [0.717, 1.165) is 16.7 Å². The Kier molecular flexibility index (Phi) is 5.45. The highest BCUT2D eigenvalue weighted by molar-refractivity contribution is 8.01. The fourth-order valence-electron chi connectivity index (χ4n) is 2.37. The molecule has 8 nitrogen and oxygen atoms in total. The van der Waals surface area contributed by atoms with Crippen LogP contribution in [0.4, 0.5) is 11.4 Å². The molecule has 9 heteroatoms. The number of nitrogens with zero attached hydrogens (tertiary/aromatic N) is 1. The van der Waals surface area contributed by atoms with E-state index in [-0.39, 0.29) is 5.91 Å². The largest absolute Gasteiger partial charge is 0.468 e. The highest BCUT2D eigenvalue weighted by atomic mass is 32.2. The van der Waals surface area contributed by atoms with Gasteiger partial charge in [0.15, 0.2) is 6.04 Å². The Morgan fingerprint density at radius 2 is 1.88 bits per heavy atom. The average Bonchev–Trinajstić information content (AvgIpc) is 2.57. The van der Waals surface area contributed by atoms with Gasteiger partial charge >= 0.3 is 11.9 Å². The maximum atomic E-state index is 12.1. The van der Waals surface area contributed by atoms with Gasteiger partial charge in [0.1, 0.15) is 5.25 Å². The Morgan fingerprint density at radius 1 is 1.21 bits per heavy atom. The van der Waals surface area contributed by atoms with Crippen LogP contribution in [0.3, 0.4) is 0 Å². The summed E-state index contributed by atoms with van der Waals surface area (Å²) in [6.07, 6.45) is 0.466.